The maximum Gasteiger partial charge on any atom is 0.340 e. The van der Waals surface area contributed by atoms with Crippen LogP contribution in [0.15, 0.2) is 46.0 Å². The van der Waals surface area contributed by atoms with E-state index in [-0.39, 0.29) is 34.9 Å². The van der Waals surface area contributed by atoms with Crippen molar-refractivity contribution in [2.45, 2.75) is 129 Å². The molecule has 6 atom stereocenters. The summed E-state index contributed by atoms with van der Waals surface area (Å²) in [5.74, 6) is 2.53. The third-order valence-electron chi connectivity index (χ3n) is 14.0. The van der Waals surface area contributed by atoms with Crippen molar-refractivity contribution in [3.63, 3.8) is 0 Å². The number of unbranched alkanes of at least 4 members (excludes halogenated alkanes) is 1. The van der Waals surface area contributed by atoms with Gasteiger partial charge in [0.15, 0.2) is 0 Å². The summed E-state index contributed by atoms with van der Waals surface area (Å²) in [5.41, 5.74) is 10.6. The number of hydrogen-bond acceptors (Lipinski definition) is 6. The molecule has 0 aromatic heterocycles. The van der Waals surface area contributed by atoms with E-state index in [1.165, 1.54) is 44.1 Å². The van der Waals surface area contributed by atoms with E-state index in [2.05, 4.69) is 31.3 Å². The third-order valence-corrected chi connectivity index (χ3v) is 14.0. The second kappa shape index (κ2) is 10.7. The first kappa shape index (κ1) is 29.2. The van der Waals surface area contributed by atoms with Crippen molar-refractivity contribution >= 4 is 11.9 Å². The van der Waals surface area contributed by atoms with Crippen LogP contribution in [0.4, 0.5) is 0 Å². The Labute approximate surface area is 263 Å². The molecule has 3 aliphatic heterocycles. The summed E-state index contributed by atoms with van der Waals surface area (Å²) < 4.78 is 12.7. The summed E-state index contributed by atoms with van der Waals surface area (Å²) in [6.07, 6.45) is 23.1. The van der Waals surface area contributed by atoms with Crippen molar-refractivity contribution in [1.82, 2.24) is 5.32 Å². The summed E-state index contributed by atoms with van der Waals surface area (Å²) in [7, 11) is 0. The number of carbonyl (C=O) groups is 2. The number of piperidine rings is 1. The predicted molar refractivity (Wildman–Crippen MR) is 169 cm³/mol. The second-order valence-corrected chi connectivity index (χ2v) is 15.7. The first-order valence-electron chi connectivity index (χ1n) is 18.2. The molecule has 0 aromatic carbocycles. The first-order chi connectivity index (χ1) is 21.4. The molecule has 2 saturated heterocycles. The van der Waals surface area contributed by atoms with Crippen molar-refractivity contribution in [2.75, 3.05) is 6.54 Å². The number of carbonyl (C=O) groups excluding carboxylic acids is 2. The zero-order chi connectivity index (χ0) is 30.3. The molecule has 9 rings (SSSR count). The third kappa shape index (κ3) is 3.98. The van der Waals surface area contributed by atoms with Crippen molar-refractivity contribution in [2.24, 2.45) is 45.7 Å². The molecule has 0 radical (unpaired) electrons. The number of cyclic esters (lactones) is 2. The Kier molecular flexibility index (Phi) is 7.10. The molecule has 9 aliphatic rings. The van der Waals surface area contributed by atoms with Gasteiger partial charge in [0.1, 0.15) is 11.5 Å². The average molecular weight is 601 g/mol. The molecule has 1 spiro atoms. The van der Waals surface area contributed by atoms with Crippen molar-refractivity contribution in [3.8, 4) is 0 Å². The van der Waals surface area contributed by atoms with Gasteiger partial charge in [-0.2, -0.15) is 0 Å². The van der Waals surface area contributed by atoms with Gasteiger partial charge in [0.05, 0.1) is 17.2 Å². The Bertz CT molecular complexity index is 1370. The number of allylic oxidation sites excluding steroid dienone is 5. The standard InChI is InChI=1S/C38H52N2O4/c1-3-5-10-28-38-19-13-25(32(33(38)35(42)44-28)37(17-8-9-18-37)23-14-20-40-29(39)21-23)24-11-12-26-27(43-34(41)30(26)31(24)38)22-36(4-2)15-6-7-16-36/h10,22-25,29,31,40H,3-9,11-21,39H2,1-2H3/t23?,24-,25+,29?,31-,38+/m1/s1. The van der Waals surface area contributed by atoms with E-state index < -0.39 is 5.41 Å². The molecule has 238 valence electrons. The Balaban J connectivity index is 1.32. The van der Waals surface area contributed by atoms with E-state index in [4.69, 9.17) is 15.2 Å². The number of hydrogen-bond donors (Lipinski definition) is 2. The minimum atomic E-state index is -0.545. The Morgan fingerprint density at radius 2 is 1.73 bits per heavy atom. The monoisotopic (exact) mass is 600 g/mol. The van der Waals surface area contributed by atoms with Gasteiger partial charge < -0.3 is 20.5 Å². The normalized spacial score (nSPS) is 40.5. The maximum absolute atomic E-state index is 14.3. The van der Waals surface area contributed by atoms with Crippen LogP contribution in [0, 0.1) is 39.9 Å². The lowest BCUT2D eigenvalue weighted by atomic mass is 9.41. The Morgan fingerprint density at radius 1 is 0.955 bits per heavy atom. The molecule has 5 fully saturated rings. The number of ether oxygens (including phenoxy) is 2. The molecule has 2 bridgehead atoms. The van der Waals surface area contributed by atoms with Gasteiger partial charge in [-0.3, -0.25) is 0 Å². The topological polar surface area (TPSA) is 90.7 Å². The van der Waals surface area contributed by atoms with E-state index in [1.54, 1.807) is 0 Å². The van der Waals surface area contributed by atoms with Crippen LogP contribution in [0.5, 0.6) is 0 Å². The summed E-state index contributed by atoms with van der Waals surface area (Å²) in [6, 6.07) is 0. The Morgan fingerprint density at radius 3 is 2.45 bits per heavy atom. The van der Waals surface area contributed by atoms with E-state index in [0.29, 0.717) is 17.8 Å². The molecule has 0 amide bonds. The second-order valence-electron chi connectivity index (χ2n) is 15.7. The number of nitrogens with one attached hydrogen (secondary N) is 1. The van der Waals surface area contributed by atoms with E-state index in [1.807, 2.05) is 0 Å². The van der Waals surface area contributed by atoms with Crippen LogP contribution in [0.25, 0.3) is 0 Å². The summed E-state index contributed by atoms with van der Waals surface area (Å²) in [6.45, 7) is 5.41. The maximum atomic E-state index is 14.3. The van der Waals surface area contributed by atoms with Gasteiger partial charge in [0.2, 0.25) is 0 Å². The average Bonchev–Trinajstić information content (AvgIpc) is 3.83. The summed E-state index contributed by atoms with van der Waals surface area (Å²) in [4.78, 5) is 28.4. The van der Waals surface area contributed by atoms with E-state index in [9.17, 15) is 9.59 Å². The SMILES string of the molecule is CCCC=C1OC(=O)C2=C(C3(C4CCNC(N)C4)CCCC3)[C@H]3CC[C@@]12[C@H]1C2=C(CC[C@H]31)C(=CC1(CC)CCCC1)OC2=O. The summed E-state index contributed by atoms with van der Waals surface area (Å²) in [5, 5.41) is 3.48. The molecular formula is C38H52N2O4. The van der Waals surface area contributed by atoms with E-state index in [0.717, 1.165) is 105 Å². The number of esters is 2. The van der Waals surface area contributed by atoms with Crippen LogP contribution in [0.3, 0.4) is 0 Å². The molecule has 6 heteroatoms. The minimum absolute atomic E-state index is 0.0154. The van der Waals surface area contributed by atoms with Gasteiger partial charge in [0.25, 0.3) is 0 Å². The van der Waals surface area contributed by atoms with Gasteiger partial charge in [-0.05, 0) is 130 Å². The van der Waals surface area contributed by atoms with Gasteiger partial charge in [-0.1, -0.05) is 46.0 Å². The van der Waals surface area contributed by atoms with Crippen LogP contribution >= 0.6 is 0 Å². The zero-order valence-electron chi connectivity index (χ0n) is 27.0. The molecule has 3 N–H and O–H groups in total. The molecular weight excluding hydrogens is 548 g/mol. The highest BCUT2D eigenvalue weighted by molar-refractivity contribution is 6.00. The van der Waals surface area contributed by atoms with Gasteiger partial charge in [-0.25, -0.2) is 9.59 Å². The van der Waals surface area contributed by atoms with Crippen LogP contribution in [0.1, 0.15) is 123 Å². The lowest BCUT2D eigenvalue weighted by molar-refractivity contribution is -0.135. The molecule has 3 heterocycles. The number of rotatable bonds is 6. The predicted octanol–water partition coefficient (Wildman–Crippen LogP) is 7.51. The lowest BCUT2D eigenvalue weighted by Gasteiger charge is -2.60. The fourth-order valence-corrected chi connectivity index (χ4v) is 12.1. The minimum Gasteiger partial charge on any atom is -0.427 e. The Hall–Kier alpha value is -2.18. The number of nitrogens with two attached hydrogens (primary N) is 1. The van der Waals surface area contributed by atoms with Crippen LogP contribution in [0.2, 0.25) is 0 Å². The highest BCUT2D eigenvalue weighted by Gasteiger charge is 2.70. The summed E-state index contributed by atoms with van der Waals surface area (Å²) >= 11 is 0. The zero-order valence-corrected chi connectivity index (χ0v) is 27.0. The molecule has 2 unspecified atom stereocenters. The highest BCUT2D eigenvalue weighted by Crippen LogP contribution is 2.74. The fraction of sp³-hybridized carbons (Fsp3) is 0.737. The molecule has 3 saturated carbocycles. The largest absolute Gasteiger partial charge is 0.427 e. The van der Waals surface area contributed by atoms with Crippen LogP contribution < -0.4 is 11.1 Å². The van der Waals surface area contributed by atoms with Crippen molar-refractivity contribution in [1.29, 1.82) is 0 Å². The fourth-order valence-electron chi connectivity index (χ4n) is 12.1. The van der Waals surface area contributed by atoms with Gasteiger partial charge in [-0.15, -0.1) is 0 Å². The molecule has 6 nitrogen and oxygen atoms in total. The van der Waals surface area contributed by atoms with Gasteiger partial charge >= 0.3 is 11.9 Å². The lowest BCUT2D eigenvalue weighted by Crippen LogP contribution is -2.56. The smallest absolute Gasteiger partial charge is 0.340 e. The van der Waals surface area contributed by atoms with Crippen molar-refractivity contribution in [3.05, 3.63) is 46.0 Å². The molecule has 44 heavy (non-hydrogen) atoms. The molecule has 0 aromatic rings. The van der Waals surface area contributed by atoms with Crippen molar-refractivity contribution < 1.29 is 19.1 Å². The van der Waals surface area contributed by atoms with Gasteiger partial charge in [0, 0.05) is 17.1 Å². The number of fused-ring (bicyclic) bond motifs is 1. The highest BCUT2D eigenvalue weighted by atomic mass is 16.5. The quantitative estimate of drug-likeness (QED) is 0.307. The van der Waals surface area contributed by atoms with Crippen LogP contribution in [-0.2, 0) is 19.1 Å². The van der Waals surface area contributed by atoms with E-state index >= 15 is 0 Å². The van der Waals surface area contributed by atoms with Crippen LogP contribution in [-0.4, -0.2) is 24.6 Å². The molecule has 6 aliphatic carbocycles. The first-order valence-corrected chi connectivity index (χ1v) is 18.2.